The number of rotatable bonds is 6. The van der Waals surface area contributed by atoms with Crippen LogP contribution in [0.15, 0.2) is 39.9 Å². The van der Waals surface area contributed by atoms with E-state index in [-0.39, 0.29) is 18.4 Å². The number of carbonyl (C=O) groups excluding carboxylic acids is 1. The van der Waals surface area contributed by atoms with Gasteiger partial charge in [0.05, 0.1) is 5.92 Å². The molecule has 1 aliphatic rings. The van der Waals surface area contributed by atoms with Crippen LogP contribution in [0.25, 0.3) is 0 Å². The standard InChI is InChI=1S/C20H26N2O3S2/c1-3-15-8-5-9-16(4-2)19(15)21-20(23)17-10-6-12-22(14-17)27(24,25)18-11-7-13-26-18/h5,7-9,11,13,17H,3-4,6,10,12,14H2,1-2H3,(H,21,23)/t17-/m0/s1. The summed E-state index contributed by atoms with van der Waals surface area (Å²) in [5.74, 6) is -0.417. The quantitative estimate of drug-likeness (QED) is 0.791. The van der Waals surface area contributed by atoms with Gasteiger partial charge in [-0.25, -0.2) is 8.42 Å². The largest absolute Gasteiger partial charge is 0.325 e. The van der Waals surface area contributed by atoms with Gasteiger partial charge >= 0.3 is 0 Å². The molecular weight excluding hydrogens is 380 g/mol. The van der Waals surface area contributed by atoms with Gasteiger partial charge in [0.1, 0.15) is 4.21 Å². The van der Waals surface area contributed by atoms with Crippen LogP contribution in [-0.4, -0.2) is 31.7 Å². The molecule has 1 aromatic heterocycles. The Morgan fingerprint density at radius 2 is 1.89 bits per heavy atom. The molecule has 0 saturated carbocycles. The molecule has 0 spiro atoms. The number of anilines is 1. The minimum Gasteiger partial charge on any atom is -0.325 e. The van der Waals surface area contributed by atoms with Gasteiger partial charge in [-0.1, -0.05) is 38.1 Å². The highest BCUT2D eigenvalue weighted by Gasteiger charge is 2.34. The molecular formula is C20H26N2O3S2. The van der Waals surface area contributed by atoms with Crippen LogP contribution in [0.3, 0.4) is 0 Å². The molecule has 0 unspecified atom stereocenters. The first-order valence-corrected chi connectivity index (χ1v) is 11.7. The summed E-state index contributed by atoms with van der Waals surface area (Å²) in [7, 11) is -3.51. The Morgan fingerprint density at radius 3 is 2.48 bits per heavy atom. The zero-order chi connectivity index (χ0) is 19.4. The second-order valence-corrected chi connectivity index (χ2v) is 9.89. The van der Waals surface area contributed by atoms with E-state index in [1.165, 1.54) is 15.6 Å². The molecule has 1 aromatic carbocycles. The molecule has 0 bridgehead atoms. The fourth-order valence-corrected chi connectivity index (χ4v) is 6.21. The molecule has 1 aliphatic heterocycles. The maximum atomic E-state index is 12.9. The average Bonchev–Trinajstić information content (AvgIpc) is 3.24. The van der Waals surface area contributed by atoms with E-state index >= 15 is 0 Å². The summed E-state index contributed by atoms with van der Waals surface area (Å²) in [4.78, 5) is 12.9. The van der Waals surface area contributed by atoms with Crippen molar-refractivity contribution in [3.63, 3.8) is 0 Å². The number of hydrogen-bond donors (Lipinski definition) is 1. The maximum Gasteiger partial charge on any atom is 0.252 e. The summed E-state index contributed by atoms with van der Waals surface area (Å²) in [6.07, 6.45) is 3.08. The third-order valence-corrected chi connectivity index (χ3v) is 8.33. The SMILES string of the molecule is CCc1cccc(CC)c1NC(=O)[C@H]1CCCN(S(=O)(=O)c2cccs2)C1. The van der Waals surface area contributed by atoms with Crippen LogP contribution in [0.5, 0.6) is 0 Å². The molecule has 7 heteroatoms. The minimum atomic E-state index is -3.51. The van der Waals surface area contributed by atoms with E-state index in [9.17, 15) is 13.2 Å². The van der Waals surface area contributed by atoms with Crippen molar-refractivity contribution in [1.29, 1.82) is 0 Å². The number of nitrogens with zero attached hydrogens (tertiary/aromatic N) is 1. The molecule has 1 N–H and O–H groups in total. The van der Waals surface area contributed by atoms with Gasteiger partial charge in [-0.2, -0.15) is 4.31 Å². The Hall–Kier alpha value is -1.70. The first-order valence-electron chi connectivity index (χ1n) is 9.42. The van der Waals surface area contributed by atoms with Crippen molar-refractivity contribution in [3.05, 3.63) is 46.8 Å². The number of benzene rings is 1. The number of carbonyl (C=O) groups is 1. The van der Waals surface area contributed by atoms with Crippen LogP contribution in [0.4, 0.5) is 5.69 Å². The Balaban J connectivity index is 1.77. The van der Waals surface area contributed by atoms with Gasteiger partial charge in [-0.3, -0.25) is 4.79 Å². The lowest BCUT2D eigenvalue weighted by Gasteiger charge is -2.31. The van der Waals surface area contributed by atoms with Crippen molar-refractivity contribution in [2.45, 2.75) is 43.7 Å². The number of thiophene rings is 1. The van der Waals surface area contributed by atoms with Gasteiger partial charge < -0.3 is 5.32 Å². The second-order valence-electron chi connectivity index (χ2n) is 6.78. The van der Waals surface area contributed by atoms with Crippen molar-refractivity contribution >= 4 is 33.0 Å². The fourth-order valence-electron chi connectivity index (χ4n) is 3.54. The van der Waals surface area contributed by atoms with Gasteiger partial charge in [0.2, 0.25) is 5.91 Å². The summed E-state index contributed by atoms with van der Waals surface area (Å²) in [6, 6.07) is 9.43. The van der Waals surface area contributed by atoms with E-state index in [0.717, 1.165) is 29.7 Å². The number of nitrogens with one attached hydrogen (secondary N) is 1. The highest BCUT2D eigenvalue weighted by atomic mass is 32.2. The van der Waals surface area contributed by atoms with Gasteiger partial charge in [0, 0.05) is 18.8 Å². The lowest BCUT2D eigenvalue weighted by atomic mass is 9.97. The van der Waals surface area contributed by atoms with Crippen LogP contribution in [0.2, 0.25) is 0 Å². The molecule has 3 rings (SSSR count). The molecule has 1 atom stereocenters. The summed E-state index contributed by atoms with van der Waals surface area (Å²) in [5.41, 5.74) is 3.12. The summed E-state index contributed by atoms with van der Waals surface area (Å²) >= 11 is 1.22. The van der Waals surface area contributed by atoms with Crippen LogP contribution in [0.1, 0.15) is 37.8 Å². The van der Waals surface area contributed by atoms with E-state index in [0.29, 0.717) is 23.6 Å². The van der Waals surface area contributed by atoms with Crippen molar-refractivity contribution in [2.24, 2.45) is 5.92 Å². The predicted octanol–water partition coefficient (Wildman–Crippen LogP) is 3.91. The third-order valence-electron chi connectivity index (χ3n) is 5.09. The number of piperidine rings is 1. The number of sulfonamides is 1. The van der Waals surface area contributed by atoms with Crippen LogP contribution in [-0.2, 0) is 27.7 Å². The molecule has 5 nitrogen and oxygen atoms in total. The number of amides is 1. The zero-order valence-corrected chi connectivity index (χ0v) is 17.4. The Morgan fingerprint density at radius 1 is 1.19 bits per heavy atom. The predicted molar refractivity (Wildman–Crippen MR) is 110 cm³/mol. The molecule has 1 saturated heterocycles. The molecule has 0 aliphatic carbocycles. The van der Waals surface area contributed by atoms with Crippen molar-refractivity contribution in [2.75, 3.05) is 18.4 Å². The van der Waals surface area contributed by atoms with Gasteiger partial charge in [-0.05, 0) is 48.3 Å². The van der Waals surface area contributed by atoms with Crippen LogP contribution < -0.4 is 5.32 Å². The Labute approximate surface area is 165 Å². The second kappa shape index (κ2) is 8.54. The van der Waals surface area contributed by atoms with Gasteiger partial charge in [0.15, 0.2) is 0 Å². The van der Waals surface area contributed by atoms with Gasteiger partial charge in [0.25, 0.3) is 10.0 Å². The molecule has 1 amide bonds. The Bertz CT molecular complexity index is 870. The molecule has 0 radical (unpaired) electrons. The number of aryl methyl sites for hydroxylation is 2. The van der Waals surface area contributed by atoms with E-state index in [4.69, 9.17) is 0 Å². The Kier molecular flexibility index (Phi) is 6.34. The highest BCUT2D eigenvalue weighted by Crippen LogP contribution is 2.28. The lowest BCUT2D eigenvalue weighted by molar-refractivity contribution is -0.120. The lowest BCUT2D eigenvalue weighted by Crippen LogP contribution is -2.43. The van der Waals surface area contributed by atoms with Crippen molar-refractivity contribution < 1.29 is 13.2 Å². The first kappa shape index (κ1) is 20.0. The zero-order valence-electron chi connectivity index (χ0n) is 15.8. The molecule has 27 heavy (non-hydrogen) atoms. The summed E-state index contributed by atoms with van der Waals surface area (Å²) < 4.78 is 27.4. The van der Waals surface area contributed by atoms with E-state index < -0.39 is 10.0 Å². The van der Waals surface area contributed by atoms with E-state index in [1.807, 2.05) is 18.2 Å². The van der Waals surface area contributed by atoms with Crippen molar-refractivity contribution in [1.82, 2.24) is 4.31 Å². The van der Waals surface area contributed by atoms with Crippen LogP contribution in [0, 0.1) is 5.92 Å². The summed E-state index contributed by atoms with van der Waals surface area (Å²) in [6.45, 7) is 4.85. The van der Waals surface area contributed by atoms with Gasteiger partial charge in [-0.15, -0.1) is 11.3 Å². The first-order chi connectivity index (χ1) is 13.0. The smallest absolute Gasteiger partial charge is 0.252 e. The van der Waals surface area contributed by atoms with E-state index in [1.54, 1.807) is 17.5 Å². The maximum absolute atomic E-state index is 12.9. The average molecular weight is 407 g/mol. The van der Waals surface area contributed by atoms with E-state index in [2.05, 4.69) is 19.2 Å². The van der Waals surface area contributed by atoms with Crippen molar-refractivity contribution in [3.8, 4) is 0 Å². The molecule has 146 valence electrons. The minimum absolute atomic E-state index is 0.0864. The topological polar surface area (TPSA) is 66.5 Å². The normalized spacial score (nSPS) is 18.4. The molecule has 2 aromatic rings. The third kappa shape index (κ3) is 4.25. The number of para-hydroxylation sites is 1. The highest BCUT2D eigenvalue weighted by molar-refractivity contribution is 7.91. The van der Waals surface area contributed by atoms with Crippen LogP contribution >= 0.6 is 11.3 Å². The molecule has 1 fully saturated rings. The monoisotopic (exact) mass is 406 g/mol. The fraction of sp³-hybridized carbons (Fsp3) is 0.450. The molecule has 2 heterocycles. The summed E-state index contributed by atoms with van der Waals surface area (Å²) in [5, 5.41) is 4.86. The number of hydrogen-bond acceptors (Lipinski definition) is 4.